The number of aromatic nitrogens is 1. The summed E-state index contributed by atoms with van der Waals surface area (Å²) in [5.41, 5.74) is -0.830. The summed E-state index contributed by atoms with van der Waals surface area (Å²) in [6, 6.07) is 1.48. The van der Waals surface area contributed by atoms with Crippen molar-refractivity contribution in [1.82, 2.24) is 9.71 Å². The predicted octanol–water partition coefficient (Wildman–Crippen LogP) is 0.208. The average Bonchev–Trinajstić information content (AvgIpc) is 2.65. The van der Waals surface area contributed by atoms with Gasteiger partial charge in [0, 0.05) is 18.9 Å². The van der Waals surface area contributed by atoms with E-state index in [9.17, 15) is 13.5 Å². The zero-order valence-corrected chi connectivity index (χ0v) is 9.05. The summed E-state index contributed by atoms with van der Waals surface area (Å²) in [4.78, 5) is 2.88. The second-order valence-corrected chi connectivity index (χ2v) is 5.72. The first-order valence-electron chi connectivity index (χ1n) is 4.87. The van der Waals surface area contributed by atoms with Crippen LogP contribution in [0.1, 0.15) is 19.3 Å². The lowest BCUT2D eigenvalue weighted by Gasteiger charge is -2.36. The molecule has 0 saturated heterocycles. The fourth-order valence-corrected chi connectivity index (χ4v) is 2.65. The zero-order valence-electron chi connectivity index (χ0n) is 8.23. The molecule has 1 fully saturated rings. The fraction of sp³-hybridized carbons (Fsp3) is 0.556. The molecular weight excluding hydrogens is 216 g/mol. The van der Waals surface area contributed by atoms with Gasteiger partial charge < -0.3 is 10.1 Å². The van der Waals surface area contributed by atoms with E-state index < -0.39 is 15.6 Å². The minimum absolute atomic E-state index is 0.0977. The molecule has 0 aliphatic heterocycles. The Bertz CT molecular complexity index is 420. The Morgan fingerprint density at radius 3 is 2.73 bits per heavy atom. The molecule has 1 heterocycles. The van der Waals surface area contributed by atoms with Crippen molar-refractivity contribution in [3.8, 4) is 0 Å². The van der Waals surface area contributed by atoms with Gasteiger partial charge in [0.2, 0.25) is 10.0 Å². The largest absolute Gasteiger partial charge is 0.389 e. The van der Waals surface area contributed by atoms with Crippen molar-refractivity contribution in [2.24, 2.45) is 0 Å². The lowest BCUT2D eigenvalue weighted by molar-refractivity contribution is -0.0270. The maximum atomic E-state index is 11.6. The van der Waals surface area contributed by atoms with E-state index in [1.165, 1.54) is 12.3 Å². The van der Waals surface area contributed by atoms with Crippen LogP contribution in [0.4, 0.5) is 0 Å². The highest BCUT2D eigenvalue weighted by Gasteiger charge is 2.35. The summed E-state index contributed by atoms with van der Waals surface area (Å²) < 4.78 is 25.7. The van der Waals surface area contributed by atoms with Gasteiger partial charge in [-0.25, -0.2) is 13.1 Å². The van der Waals surface area contributed by atoms with Crippen LogP contribution in [0.5, 0.6) is 0 Å². The summed E-state index contributed by atoms with van der Waals surface area (Å²) in [7, 11) is -3.47. The van der Waals surface area contributed by atoms with Gasteiger partial charge in [0.1, 0.15) is 0 Å². The molecule has 15 heavy (non-hydrogen) atoms. The number of sulfonamides is 1. The summed E-state index contributed by atoms with van der Waals surface area (Å²) in [5, 5.41) is 9.74. The van der Waals surface area contributed by atoms with E-state index in [0.29, 0.717) is 12.8 Å². The average molecular weight is 230 g/mol. The van der Waals surface area contributed by atoms with Crippen LogP contribution in [0.2, 0.25) is 0 Å². The molecular formula is C9H14N2O3S. The third-order valence-electron chi connectivity index (χ3n) is 2.76. The molecule has 3 N–H and O–H groups in total. The Kier molecular flexibility index (Phi) is 2.57. The van der Waals surface area contributed by atoms with Crippen LogP contribution in [-0.2, 0) is 10.0 Å². The predicted molar refractivity (Wildman–Crippen MR) is 54.8 cm³/mol. The molecule has 0 unspecified atom stereocenters. The Morgan fingerprint density at radius 2 is 2.27 bits per heavy atom. The van der Waals surface area contributed by atoms with Gasteiger partial charge in [0.25, 0.3) is 0 Å². The first-order valence-corrected chi connectivity index (χ1v) is 6.35. The van der Waals surface area contributed by atoms with E-state index in [0.717, 1.165) is 6.42 Å². The topological polar surface area (TPSA) is 82.2 Å². The monoisotopic (exact) mass is 230 g/mol. The SMILES string of the molecule is O=S(=O)(NCC1(O)CCC1)c1cc[nH]c1. The number of hydrogen-bond acceptors (Lipinski definition) is 3. The van der Waals surface area contributed by atoms with Gasteiger partial charge in [-0.15, -0.1) is 0 Å². The van der Waals surface area contributed by atoms with Gasteiger partial charge in [0.15, 0.2) is 0 Å². The Morgan fingerprint density at radius 1 is 1.53 bits per heavy atom. The van der Waals surface area contributed by atoms with Crippen LogP contribution in [0.3, 0.4) is 0 Å². The van der Waals surface area contributed by atoms with Gasteiger partial charge in [-0.2, -0.15) is 0 Å². The normalized spacial score (nSPS) is 19.8. The Labute approximate surface area is 88.6 Å². The number of rotatable bonds is 4. The molecule has 1 aromatic rings. The molecule has 0 bridgehead atoms. The molecule has 1 aliphatic rings. The first kappa shape index (κ1) is 10.7. The van der Waals surface area contributed by atoms with E-state index in [1.807, 2.05) is 0 Å². The van der Waals surface area contributed by atoms with Gasteiger partial charge in [0.05, 0.1) is 10.5 Å². The van der Waals surface area contributed by atoms with E-state index in [1.54, 1.807) is 6.20 Å². The van der Waals surface area contributed by atoms with Crippen molar-refractivity contribution in [1.29, 1.82) is 0 Å². The summed E-state index contributed by atoms with van der Waals surface area (Å²) in [6.07, 6.45) is 5.26. The molecule has 5 nitrogen and oxygen atoms in total. The second-order valence-electron chi connectivity index (χ2n) is 3.95. The minimum Gasteiger partial charge on any atom is -0.389 e. The number of aliphatic hydroxyl groups is 1. The van der Waals surface area contributed by atoms with Crippen LogP contribution < -0.4 is 4.72 Å². The molecule has 0 amide bonds. The molecule has 1 saturated carbocycles. The molecule has 1 aliphatic carbocycles. The van der Waals surface area contributed by atoms with Crippen molar-refractivity contribution in [2.75, 3.05) is 6.54 Å². The fourth-order valence-electron chi connectivity index (χ4n) is 1.55. The summed E-state index contributed by atoms with van der Waals surface area (Å²) in [6.45, 7) is 0.0977. The van der Waals surface area contributed by atoms with E-state index in [4.69, 9.17) is 0 Å². The summed E-state index contributed by atoms with van der Waals surface area (Å²) in [5.74, 6) is 0. The van der Waals surface area contributed by atoms with Gasteiger partial charge in [-0.1, -0.05) is 0 Å². The van der Waals surface area contributed by atoms with Crippen LogP contribution >= 0.6 is 0 Å². The number of nitrogens with one attached hydrogen (secondary N) is 2. The van der Waals surface area contributed by atoms with Crippen molar-refractivity contribution in [2.45, 2.75) is 29.8 Å². The molecule has 0 aromatic carbocycles. The van der Waals surface area contributed by atoms with E-state index in [2.05, 4.69) is 9.71 Å². The molecule has 2 rings (SSSR count). The first-order chi connectivity index (χ1) is 7.02. The Balaban J connectivity index is 2.00. The molecule has 6 heteroatoms. The molecule has 1 aromatic heterocycles. The van der Waals surface area contributed by atoms with Crippen LogP contribution in [-0.4, -0.2) is 30.7 Å². The highest BCUT2D eigenvalue weighted by atomic mass is 32.2. The highest BCUT2D eigenvalue weighted by molar-refractivity contribution is 7.89. The third kappa shape index (κ3) is 2.22. The number of aromatic amines is 1. The molecule has 0 spiro atoms. The number of hydrogen-bond donors (Lipinski definition) is 3. The van der Waals surface area contributed by atoms with Gasteiger partial charge in [-0.3, -0.25) is 0 Å². The smallest absolute Gasteiger partial charge is 0.242 e. The Hall–Kier alpha value is -0.850. The van der Waals surface area contributed by atoms with Crippen LogP contribution in [0.25, 0.3) is 0 Å². The zero-order chi connectivity index (χ0) is 10.9. The van der Waals surface area contributed by atoms with Crippen molar-refractivity contribution >= 4 is 10.0 Å². The molecule has 84 valence electrons. The van der Waals surface area contributed by atoms with Crippen LogP contribution in [0.15, 0.2) is 23.4 Å². The maximum Gasteiger partial charge on any atom is 0.242 e. The highest BCUT2D eigenvalue weighted by Crippen LogP contribution is 2.30. The molecule has 0 atom stereocenters. The van der Waals surface area contributed by atoms with Crippen LogP contribution in [0, 0.1) is 0 Å². The number of H-pyrrole nitrogens is 1. The van der Waals surface area contributed by atoms with Gasteiger partial charge in [-0.05, 0) is 25.3 Å². The summed E-state index contributed by atoms with van der Waals surface area (Å²) >= 11 is 0. The van der Waals surface area contributed by atoms with Crippen molar-refractivity contribution in [3.63, 3.8) is 0 Å². The molecule has 0 radical (unpaired) electrons. The minimum atomic E-state index is -3.47. The maximum absolute atomic E-state index is 11.6. The van der Waals surface area contributed by atoms with Crippen molar-refractivity contribution < 1.29 is 13.5 Å². The van der Waals surface area contributed by atoms with E-state index >= 15 is 0 Å². The quantitative estimate of drug-likeness (QED) is 0.691. The third-order valence-corrected chi connectivity index (χ3v) is 4.15. The standard InChI is InChI=1S/C9H14N2O3S/c12-9(3-1-4-9)7-11-15(13,14)8-2-5-10-6-8/h2,5-6,10-12H,1,3-4,7H2. The lowest BCUT2D eigenvalue weighted by Crippen LogP contribution is -2.47. The van der Waals surface area contributed by atoms with Crippen molar-refractivity contribution in [3.05, 3.63) is 18.5 Å². The van der Waals surface area contributed by atoms with E-state index in [-0.39, 0.29) is 11.4 Å². The second kappa shape index (κ2) is 3.62. The lowest BCUT2D eigenvalue weighted by atomic mass is 9.81. The van der Waals surface area contributed by atoms with Gasteiger partial charge >= 0.3 is 0 Å².